The number of aromatic nitrogens is 4. The molecule has 0 bridgehead atoms. The second-order valence-corrected chi connectivity index (χ2v) is 5.61. The standard InChI is InChI=1S/C15H13ClFN5O/c16-15-20-13(19-10-4-1-3-9(17)7-10)12-14(21-15)22(8-18-12)11-5-2-6-23-11/h1,3-4,7-8,11H,2,5-6H2,(H,19,20,21). The number of imidazole rings is 1. The molecule has 1 N–H and O–H groups in total. The van der Waals surface area contributed by atoms with Crippen molar-refractivity contribution in [1.82, 2.24) is 19.5 Å². The van der Waals surface area contributed by atoms with Crippen LogP contribution in [-0.2, 0) is 4.74 Å². The molecule has 0 spiro atoms. The lowest BCUT2D eigenvalue weighted by molar-refractivity contribution is 0.0593. The Morgan fingerprint density at radius 3 is 3.04 bits per heavy atom. The molecule has 1 aromatic carbocycles. The third-order valence-corrected chi connectivity index (χ3v) is 3.87. The van der Waals surface area contributed by atoms with Crippen molar-refractivity contribution in [2.75, 3.05) is 11.9 Å². The average molecular weight is 334 g/mol. The molecule has 0 radical (unpaired) electrons. The van der Waals surface area contributed by atoms with Crippen molar-refractivity contribution >= 4 is 34.3 Å². The molecule has 8 heteroatoms. The van der Waals surface area contributed by atoms with Gasteiger partial charge in [0.2, 0.25) is 5.28 Å². The number of hydrogen-bond donors (Lipinski definition) is 1. The molecule has 0 aliphatic carbocycles. The van der Waals surface area contributed by atoms with Crippen molar-refractivity contribution < 1.29 is 9.13 Å². The molecule has 1 aliphatic heterocycles. The van der Waals surface area contributed by atoms with Gasteiger partial charge in [0.05, 0.1) is 6.33 Å². The summed E-state index contributed by atoms with van der Waals surface area (Å²) < 4.78 is 20.9. The summed E-state index contributed by atoms with van der Waals surface area (Å²) in [5.74, 6) is 0.0960. The first-order valence-corrected chi connectivity index (χ1v) is 7.63. The minimum absolute atomic E-state index is 0.0898. The van der Waals surface area contributed by atoms with Crippen LogP contribution in [0.1, 0.15) is 19.1 Å². The zero-order valence-corrected chi connectivity index (χ0v) is 12.8. The fraction of sp³-hybridized carbons (Fsp3) is 0.267. The van der Waals surface area contributed by atoms with Crippen LogP contribution in [0, 0.1) is 5.82 Å². The largest absolute Gasteiger partial charge is 0.358 e. The number of benzene rings is 1. The van der Waals surface area contributed by atoms with Crippen molar-refractivity contribution in [2.24, 2.45) is 0 Å². The molecule has 6 nitrogen and oxygen atoms in total. The second-order valence-electron chi connectivity index (χ2n) is 5.27. The first-order valence-electron chi connectivity index (χ1n) is 7.25. The highest BCUT2D eigenvalue weighted by atomic mass is 35.5. The molecule has 0 saturated carbocycles. The van der Waals surface area contributed by atoms with E-state index < -0.39 is 0 Å². The van der Waals surface area contributed by atoms with Gasteiger partial charge in [-0.15, -0.1) is 0 Å². The summed E-state index contributed by atoms with van der Waals surface area (Å²) in [5.41, 5.74) is 1.72. The van der Waals surface area contributed by atoms with E-state index in [2.05, 4.69) is 20.3 Å². The van der Waals surface area contributed by atoms with Crippen LogP contribution < -0.4 is 5.32 Å². The van der Waals surface area contributed by atoms with Crippen LogP contribution in [0.4, 0.5) is 15.9 Å². The molecule has 1 atom stereocenters. The number of anilines is 2. The number of hydrogen-bond acceptors (Lipinski definition) is 5. The third kappa shape index (κ3) is 2.73. The van der Waals surface area contributed by atoms with Crippen LogP contribution >= 0.6 is 11.6 Å². The first-order chi connectivity index (χ1) is 11.2. The third-order valence-electron chi connectivity index (χ3n) is 3.70. The highest BCUT2D eigenvalue weighted by Crippen LogP contribution is 2.30. The van der Waals surface area contributed by atoms with Gasteiger partial charge in [0.15, 0.2) is 17.0 Å². The molecule has 4 rings (SSSR count). The van der Waals surface area contributed by atoms with E-state index in [1.54, 1.807) is 18.5 Å². The smallest absolute Gasteiger partial charge is 0.226 e. The van der Waals surface area contributed by atoms with Crippen molar-refractivity contribution in [3.8, 4) is 0 Å². The number of halogens is 2. The van der Waals surface area contributed by atoms with E-state index >= 15 is 0 Å². The number of nitrogens with one attached hydrogen (secondary N) is 1. The van der Waals surface area contributed by atoms with Gasteiger partial charge in [0, 0.05) is 12.3 Å². The van der Waals surface area contributed by atoms with Crippen molar-refractivity contribution in [3.05, 3.63) is 41.7 Å². The molecule has 23 heavy (non-hydrogen) atoms. The lowest BCUT2D eigenvalue weighted by Crippen LogP contribution is -2.07. The Labute approximate surface area is 136 Å². The Bertz CT molecular complexity index is 862. The van der Waals surface area contributed by atoms with Gasteiger partial charge in [-0.3, -0.25) is 4.57 Å². The Morgan fingerprint density at radius 1 is 1.35 bits per heavy atom. The predicted molar refractivity (Wildman–Crippen MR) is 84.2 cm³/mol. The van der Waals surface area contributed by atoms with Crippen LogP contribution in [0.15, 0.2) is 30.6 Å². The maximum Gasteiger partial charge on any atom is 0.226 e. The van der Waals surface area contributed by atoms with Gasteiger partial charge in [-0.05, 0) is 42.6 Å². The number of ether oxygens (including phenoxy) is 1. The van der Waals surface area contributed by atoms with Crippen molar-refractivity contribution in [1.29, 1.82) is 0 Å². The van der Waals surface area contributed by atoms with Crippen LogP contribution in [0.3, 0.4) is 0 Å². The fourth-order valence-electron chi connectivity index (χ4n) is 2.67. The summed E-state index contributed by atoms with van der Waals surface area (Å²) in [6.07, 6.45) is 3.48. The SMILES string of the molecule is Fc1cccc(Nc2nc(Cl)nc3c2ncn3C2CCCO2)c1. The van der Waals surface area contributed by atoms with Gasteiger partial charge in [-0.2, -0.15) is 9.97 Å². The Kier molecular flexibility index (Phi) is 3.59. The number of fused-ring (bicyclic) bond motifs is 1. The minimum atomic E-state index is -0.337. The van der Waals surface area contributed by atoms with Crippen LogP contribution in [0.5, 0.6) is 0 Å². The number of nitrogens with zero attached hydrogens (tertiary/aromatic N) is 4. The molecule has 3 heterocycles. The maximum atomic E-state index is 13.3. The summed E-state index contributed by atoms with van der Waals surface area (Å²) in [4.78, 5) is 12.8. The molecule has 118 valence electrons. The fourth-order valence-corrected chi connectivity index (χ4v) is 2.84. The van der Waals surface area contributed by atoms with E-state index in [1.807, 2.05) is 4.57 Å². The lowest BCUT2D eigenvalue weighted by atomic mass is 10.3. The van der Waals surface area contributed by atoms with Crippen molar-refractivity contribution in [3.63, 3.8) is 0 Å². The molecule has 1 aliphatic rings. The highest BCUT2D eigenvalue weighted by molar-refractivity contribution is 6.28. The molecule has 1 fully saturated rings. The van der Waals surface area contributed by atoms with E-state index in [-0.39, 0.29) is 17.3 Å². The quantitative estimate of drug-likeness (QED) is 0.741. The summed E-state index contributed by atoms with van der Waals surface area (Å²) in [7, 11) is 0. The second kappa shape index (κ2) is 5.75. The normalized spacial score (nSPS) is 17.7. The molecule has 0 amide bonds. The van der Waals surface area contributed by atoms with E-state index in [0.29, 0.717) is 22.7 Å². The van der Waals surface area contributed by atoms with Crippen LogP contribution in [0.2, 0.25) is 5.28 Å². The van der Waals surface area contributed by atoms with Gasteiger partial charge in [0.25, 0.3) is 0 Å². The number of rotatable bonds is 3. The van der Waals surface area contributed by atoms with Gasteiger partial charge in [0.1, 0.15) is 12.0 Å². The summed E-state index contributed by atoms with van der Waals surface area (Å²) >= 11 is 6.04. The Morgan fingerprint density at radius 2 is 2.26 bits per heavy atom. The predicted octanol–water partition coefficient (Wildman–Crippen LogP) is 3.67. The summed E-state index contributed by atoms with van der Waals surface area (Å²) in [5, 5.41) is 3.13. The molecular formula is C15H13ClFN5O. The van der Waals surface area contributed by atoms with E-state index in [4.69, 9.17) is 16.3 Å². The van der Waals surface area contributed by atoms with E-state index in [0.717, 1.165) is 19.4 Å². The minimum Gasteiger partial charge on any atom is -0.358 e. The zero-order chi connectivity index (χ0) is 15.8. The molecule has 3 aromatic rings. The monoisotopic (exact) mass is 333 g/mol. The van der Waals surface area contributed by atoms with E-state index in [9.17, 15) is 4.39 Å². The Balaban J connectivity index is 1.77. The topological polar surface area (TPSA) is 64.9 Å². The molecular weight excluding hydrogens is 321 g/mol. The van der Waals surface area contributed by atoms with Crippen molar-refractivity contribution in [2.45, 2.75) is 19.1 Å². The van der Waals surface area contributed by atoms with Gasteiger partial charge in [-0.1, -0.05) is 6.07 Å². The van der Waals surface area contributed by atoms with Crippen LogP contribution in [0.25, 0.3) is 11.2 Å². The summed E-state index contributed by atoms with van der Waals surface area (Å²) in [6.45, 7) is 0.720. The maximum absolute atomic E-state index is 13.3. The summed E-state index contributed by atoms with van der Waals surface area (Å²) in [6, 6.07) is 6.10. The molecule has 1 saturated heterocycles. The average Bonchev–Trinajstić information content (AvgIpc) is 3.15. The molecule has 2 aromatic heterocycles. The highest BCUT2D eigenvalue weighted by Gasteiger charge is 2.22. The molecule has 1 unspecified atom stereocenters. The zero-order valence-electron chi connectivity index (χ0n) is 12.0. The van der Waals surface area contributed by atoms with E-state index in [1.165, 1.54) is 12.1 Å². The Hall–Kier alpha value is -2.25. The van der Waals surface area contributed by atoms with Gasteiger partial charge in [-0.25, -0.2) is 9.37 Å². The first kappa shape index (κ1) is 14.3. The van der Waals surface area contributed by atoms with Gasteiger partial charge < -0.3 is 10.1 Å². The van der Waals surface area contributed by atoms with Gasteiger partial charge >= 0.3 is 0 Å². The van der Waals surface area contributed by atoms with Crippen LogP contribution in [-0.4, -0.2) is 26.1 Å². The lowest BCUT2D eigenvalue weighted by Gasteiger charge is -2.12.